The van der Waals surface area contributed by atoms with Gasteiger partial charge in [-0.1, -0.05) is 24.0 Å². The Balaban J connectivity index is 1.97. The third-order valence-corrected chi connectivity index (χ3v) is 6.27. The van der Waals surface area contributed by atoms with Crippen LogP contribution in [-0.2, 0) is 19.5 Å². The number of esters is 2. The van der Waals surface area contributed by atoms with E-state index in [4.69, 9.17) is 0 Å². The van der Waals surface area contributed by atoms with Crippen molar-refractivity contribution in [2.24, 2.45) is 0 Å². The number of hydrogen-bond acceptors (Lipinski definition) is 7. The Morgan fingerprint density at radius 2 is 1.71 bits per heavy atom. The molecular formula is C22H17NO6S2. The molecule has 0 bridgehead atoms. The summed E-state index contributed by atoms with van der Waals surface area (Å²) in [6.07, 6.45) is 0. The van der Waals surface area contributed by atoms with E-state index >= 15 is 0 Å². The number of methoxy groups -OCH3 is 2. The van der Waals surface area contributed by atoms with Crippen molar-refractivity contribution in [1.82, 2.24) is 0 Å². The third kappa shape index (κ3) is 5.31. The zero-order chi connectivity index (χ0) is 22.4. The molecule has 9 heteroatoms. The second-order valence-corrected chi connectivity index (χ2v) is 8.71. The molecule has 1 heterocycles. The van der Waals surface area contributed by atoms with E-state index in [0.717, 1.165) is 18.1 Å². The van der Waals surface area contributed by atoms with Gasteiger partial charge in [0.1, 0.15) is 4.90 Å². The quantitative estimate of drug-likeness (QED) is 0.467. The minimum atomic E-state index is -4.24. The average molecular weight is 456 g/mol. The average Bonchev–Trinajstić information content (AvgIpc) is 3.30. The van der Waals surface area contributed by atoms with Crippen LogP contribution in [0.25, 0.3) is 0 Å². The molecule has 0 radical (unpaired) electrons. The van der Waals surface area contributed by atoms with Crippen molar-refractivity contribution in [3.8, 4) is 11.8 Å². The lowest BCUT2D eigenvalue weighted by Gasteiger charge is -2.13. The molecule has 31 heavy (non-hydrogen) atoms. The number of nitrogens with one attached hydrogen (secondary N) is 1. The summed E-state index contributed by atoms with van der Waals surface area (Å²) in [7, 11) is -1.94. The van der Waals surface area contributed by atoms with Crippen molar-refractivity contribution >= 4 is 39.0 Å². The molecule has 0 unspecified atom stereocenters. The van der Waals surface area contributed by atoms with Crippen molar-refractivity contribution in [2.45, 2.75) is 4.90 Å². The normalized spacial score (nSPS) is 10.5. The number of rotatable bonds is 5. The number of carbonyl (C=O) groups excluding carboxylic acids is 2. The lowest BCUT2D eigenvalue weighted by atomic mass is 10.1. The van der Waals surface area contributed by atoms with Gasteiger partial charge < -0.3 is 9.47 Å². The van der Waals surface area contributed by atoms with Gasteiger partial charge >= 0.3 is 11.9 Å². The highest BCUT2D eigenvalue weighted by molar-refractivity contribution is 7.92. The van der Waals surface area contributed by atoms with Crippen LogP contribution >= 0.6 is 11.3 Å². The van der Waals surface area contributed by atoms with Gasteiger partial charge in [0, 0.05) is 5.56 Å². The van der Waals surface area contributed by atoms with E-state index in [2.05, 4.69) is 26.0 Å². The molecule has 7 nitrogen and oxygen atoms in total. The molecule has 158 valence electrons. The molecule has 3 aromatic rings. The highest BCUT2D eigenvalue weighted by atomic mass is 32.2. The van der Waals surface area contributed by atoms with Gasteiger partial charge in [-0.25, -0.2) is 18.0 Å². The second kappa shape index (κ2) is 9.47. The van der Waals surface area contributed by atoms with Crippen LogP contribution in [0.3, 0.4) is 0 Å². The maximum atomic E-state index is 13.1. The summed E-state index contributed by atoms with van der Waals surface area (Å²) < 4.78 is 37.8. The van der Waals surface area contributed by atoms with Gasteiger partial charge in [0.15, 0.2) is 0 Å². The summed E-state index contributed by atoms with van der Waals surface area (Å²) in [5.41, 5.74) is 0.616. The van der Waals surface area contributed by atoms with E-state index in [1.54, 1.807) is 24.3 Å². The van der Waals surface area contributed by atoms with E-state index in [9.17, 15) is 18.0 Å². The predicted octanol–water partition coefficient (Wildman–Crippen LogP) is 3.52. The molecule has 0 amide bonds. The van der Waals surface area contributed by atoms with E-state index < -0.39 is 26.9 Å². The van der Waals surface area contributed by atoms with Crippen LogP contribution in [0.1, 0.15) is 31.2 Å². The lowest BCUT2D eigenvalue weighted by molar-refractivity contribution is 0.0583. The number of hydrogen-bond donors (Lipinski definition) is 1. The molecule has 0 aliphatic heterocycles. The zero-order valence-corrected chi connectivity index (χ0v) is 18.2. The van der Waals surface area contributed by atoms with Gasteiger partial charge in [-0.3, -0.25) is 4.72 Å². The van der Waals surface area contributed by atoms with Crippen LogP contribution in [0.5, 0.6) is 0 Å². The van der Waals surface area contributed by atoms with Gasteiger partial charge in [-0.05, 0) is 47.8 Å². The molecule has 0 fully saturated rings. The number of carbonyl (C=O) groups is 2. The summed E-state index contributed by atoms with van der Waals surface area (Å²) in [5.74, 6) is 4.38. The van der Waals surface area contributed by atoms with E-state index in [-0.39, 0.29) is 16.8 Å². The first-order chi connectivity index (χ1) is 14.8. The fourth-order valence-corrected chi connectivity index (χ4v) is 4.46. The van der Waals surface area contributed by atoms with E-state index in [1.807, 2.05) is 17.5 Å². The third-order valence-electron chi connectivity index (χ3n) is 4.06. The Morgan fingerprint density at radius 1 is 0.935 bits per heavy atom. The van der Waals surface area contributed by atoms with Gasteiger partial charge in [0.25, 0.3) is 10.0 Å². The molecule has 3 rings (SSSR count). The summed E-state index contributed by atoms with van der Waals surface area (Å²) in [6, 6.07) is 13.9. The lowest BCUT2D eigenvalue weighted by Crippen LogP contribution is -2.18. The first kappa shape index (κ1) is 22.1. The summed E-state index contributed by atoms with van der Waals surface area (Å²) >= 11 is 1.50. The molecule has 0 spiro atoms. The van der Waals surface area contributed by atoms with Crippen molar-refractivity contribution in [1.29, 1.82) is 0 Å². The topological polar surface area (TPSA) is 98.8 Å². The molecule has 0 atom stereocenters. The summed E-state index contributed by atoms with van der Waals surface area (Å²) in [6.45, 7) is 0. The molecule has 1 N–H and O–H groups in total. The maximum Gasteiger partial charge on any atom is 0.339 e. The van der Waals surface area contributed by atoms with Crippen LogP contribution < -0.4 is 4.72 Å². The first-order valence-electron chi connectivity index (χ1n) is 8.83. The fourth-order valence-electron chi connectivity index (χ4n) is 2.62. The van der Waals surface area contributed by atoms with Crippen LogP contribution in [-0.4, -0.2) is 34.6 Å². The van der Waals surface area contributed by atoms with Gasteiger partial charge in [0.2, 0.25) is 0 Å². The zero-order valence-electron chi connectivity index (χ0n) is 16.5. The van der Waals surface area contributed by atoms with Crippen LogP contribution in [0.4, 0.5) is 5.69 Å². The molecule has 0 aliphatic rings. The Hall–Kier alpha value is -3.61. The largest absolute Gasteiger partial charge is 0.465 e. The highest BCUT2D eigenvalue weighted by Gasteiger charge is 2.25. The molecule has 0 saturated heterocycles. The highest BCUT2D eigenvalue weighted by Crippen LogP contribution is 2.23. The first-order valence-corrected chi connectivity index (χ1v) is 11.2. The molecule has 0 saturated carbocycles. The van der Waals surface area contributed by atoms with Gasteiger partial charge in [-0.2, -0.15) is 0 Å². The van der Waals surface area contributed by atoms with Crippen LogP contribution in [0, 0.1) is 11.8 Å². The van der Waals surface area contributed by atoms with Crippen LogP contribution in [0.15, 0.2) is 64.9 Å². The summed E-state index contributed by atoms with van der Waals surface area (Å²) in [5, 5.41) is 1.91. The number of benzene rings is 2. The van der Waals surface area contributed by atoms with Crippen LogP contribution in [0.2, 0.25) is 0 Å². The number of ether oxygens (including phenoxy) is 2. The number of anilines is 1. The van der Waals surface area contributed by atoms with Crippen molar-refractivity contribution in [2.75, 3.05) is 18.9 Å². The minimum absolute atomic E-state index is 0.0221. The fraction of sp³-hybridized carbons (Fsp3) is 0.0909. The number of sulfonamides is 1. The Labute approximate surface area is 183 Å². The molecular weight excluding hydrogens is 438 g/mol. The predicted molar refractivity (Wildman–Crippen MR) is 117 cm³/mol. The van der Waals surface area contributed by atoms with Crippen molar-refractivity contribution in [3.63, 3.8) is 0 Å². The number of thiophene rings is 1. The minimum Gasteiger partial charge on any atom is -0.465 e. The Morgan fingerprint density at radius 3 is 2.39 bits per heavy atom. The Bertz CT molecular complexity index is 1290. The second-order valence-electron chi connectivity index (χ2n) is 6.11. The SMILES string of the molecule is COC(=O)c1ccc(C(=O)OC)c(S(=O)(=O)Nc2cccc(C#Cc3cccs3)c2)c1. The molecule has 0 aliphatic carbocycles. The van der Waals surface area contributed by atoms with Gasteiger partial charge in [-0.15, -0.1) is 11.3 Å². The van der Waals surface area contributed by atoms with E-state index in [0.29, 0.717) is 5.56 Å². The maximum absolute atomic E-state index is 13.1. The summed E-state index contributed by atoms with van der Waals surface area (Å²) in [4.78, 5) is 24.4. The monoisotopic (exact) mass is 455 g/mol. The molecule has 1 aromatic heterocycles. The molecule has 2 aromatic carbocycles. The smallest absolute Gasteiger partial charge is 0.339 e. The Kier molecular flexibility index (Phi) is 6.74. The standard InChI is InChI=1S/C22H17NO6S2/c1-28-21(24)16-9-11-19(22(25)29-2)20(14-16)31(26,27)23-17-6-3-5-15(13-17)8-10-18-7-4-12-30-18/h3-7,9,11-14,23H,1-2H3. The van der Waals surface area contributed by atoms with Gasteiger partial charge in [0.05, 0.1) is 35.9 Å². The van der Waals surface area contributed by atoms with Crippen molar-refractivity contribution < 1.29 is 27.5 Å². The van der Waals surface area contributed by atoms with Crippen molar-refractivity contribution in [3.05, 3.63) is 81.5 Å². The van der Waals surface area contributed by atoms with E-state index in [1.165, 1.54) is 30.6 Å².